The molecule has 2 fully saturated rings. The Balaban J connectivity index is 1.54. The molecule has 0 bridgehead atoms. The fourth-order valence-corrected chi connectivity index (χ4v) is 3.76. The maximum absolute atomic E-state index is 15.0. The van der Waals surface area contributed by atoms with Crippen molar-refractivity contribution in [3.63, 3.8) is 0 Å². The molecule has 20 heavy (non-hydrogen) atoms. The molecule has 1 unspecified atom stereocenters. The van der Waals surface area contributed by atoms with Crippen LogP contribution in [0.1, 0.15) is 38.5 Å². The van der Waals surface area contributed by atoms with E-state index in [4.69, 9.17) is 0 Å². The molecule has 112 valence electrons. The standard InChI is InChI=1S/C13H22FN5O/c14-13(4-2-12-16-18-19-17-12)3-1-9-7-15-11(8-20)5-10(9)6-13/h8-12,15H,1-7H2,(H,16,19)(H,17,18)/t9-,10-,11-,13+/m0/s1. The lowest BCUT2D eigenvalue weighted by Crippen LogP contribution is -2.49. The molecule has 5 atom stereocenters. The maximum atomic E-state index is 15.0. The van der Waals surface area contributed by atoms with E-state index in [1.807, 2.05) is 0 Å². The molecule has 0 spiro atoms. The Morgan fingerprint density at radius 2 is 2.30 bits per heavy atom. The van der Waals surface area contributed by atoms with Crippen molar-refractivity contribution in [1.29, 1.82) is 0 Å². The number of fused-ring (bicyclic) bond motifs is 1. The maximum Gasteiger partial charge on any atom is 0.141 e. The molecular formula is C13H22FN5O. The minimum atomic E-state index is -1.11. The van der Waals surface area contributed by atoms with E-state index in [0.717, 1.165) is 25.7 Å². The monoisotopic (exact) mass is 283 g/mol. The van der Waals surface area contributed by atoms with E-state index < -0.39 is 5.67 Å². The average Bonchev–Trinajstić information content (AvgIpc) is 2.98. The number of nitrogens with one attached hydrogen (secondary N) is 3. The van der Waals surface area contributed by atoms with Crippen LogP contribution in [0.2, 0.25) is 0 Å². The SMILES string of the molecule is O=C[C@@H]1C[C@H]2C[C@](F)(CCC3N=NNN3)CC[C@H]2CN1. The highest BCUT2D eigenvalue weighted by atomic mass is 19.1. The first kappa shape index (κ1) is 13.9. The van der Waals surface area contributed by atoms with E-state index in [-0.39, 0.29) is 12.2 Å². The first-order chi connectivity index (χ1) is 9.68. The van der Waals surface area contributed by atoms with Crippen molar-refractivity contribution in [3.05, 3.63) is 0 Å². The largest absolute Gasteiger partial charge is 0.307 e. The summed E-state index contributed by atoms with van der Waals surface area (Å²) in [4.78, 5) is 10.9. The molecular weight excluding hydrogens is 261 g/mol. The smallest absolute Gasteiger partial charge is 0.141 e. The van der Waals surface area contributed by atoms with Crippen molar-refractivity contribution in [1.82, 2.24) is 16.3 Å². The molecule has 1 saturated heterocycles. The van der Waals surface area contributed by atoms with Gasteiger partial charge in [-0.25, -0.2) is 9.93 Å². The van der Waals surface area contributed by atoms with E-state index in [2.05, 4.69) is 26.6 Å². The Labute approximate surface area is 117 Å². The van der Waals surface area contributed by atoms with E-state index in [0.29, 0.717) is 37.5 Å². The third-order valence-electron chi connectivity index (χ3n) is 4.97. The third-order valence-corrected chi connectivity index (χ3v) is 4.97. The molecule has 1 aliphatic carbocycles. The fourth-order valence-electron chi connectivity index (χ4n) is 3.76. The van der Waals surface area contributed by atoms with Crippen LogP contribution in [0.25, 0.3) is 0 Å². The molecule has 6 nitrogen and oxygen atoms in total. The van der Waals surface area contributed by atoms with E-state index in [1.165, 1.54) is 0 Å². The molecule has 0 aromatic heterocycles. The van der Waals surface area contributed by atoms with Gasteiger partial charge in [0.1, 0.15) is 18.1 Å². The number of halogens is 1. The minimum absolute atomic E-state index is 0.0897. The van der Waals surface area contributed by atoms with Crippen LogP contribution in [0.5, 0.6) is 0 Å². The summed E-state index contributed by atoms with van der Waals surface area (Å²) < 4.78 is 15.0. The quantitative estimate of drug-likeness (QED) is 0.679. The number of rotatable bonds is 4. The molecule has 0 aromatic rings. The van der Waals surface area contributed by atoms with Gasteiger partial charge in [-0.05, 0) is 56.9 Å². The summed E-state index contributed by atoms with van der Waals surface area (Å²) in [5.41, 5.74) is 4.34. The highest BCUT2D eigenvalue weighted by molar-refractivity contribution is 5.57. The fraction of sp³-hybridized carbons (Fsp3) is 0.923. The van der Waals surface area contributed by atoms with Gasteiger partial charge < -0.3 is 10.1 Å². The van der Waals surface area contributed by atoms with E-state index in [9.17, 15) is 9.18 Å². The molecule has 2 heterocycles. The second-order valence-corrected chi connectivity index (χ2v) is 6.33. The highest BCUT2D eigenvalue weighted by Gasteiger charge is 2.43. The van der Waals surface area contributed by atoms with Crippen molar-refractivity contribution in [2.24, 2.45) is 22.2 Å². The zero-order chi connectivity index (χ0) is 14.0. The van der Waals surface area contributed by atoms with Crippen LogP contribution in [0.15, 0.2) is 10.3 Å². The van der Waals surface area contributed by atoms with Crippen LogP contribution >= 0.6 is 0 Å². The van der Waals surface area contributed by atoms with Crippen molar-refractivity contribution in [2.75, 3.05) is 6.54 Å². The summed E-state index contributed by atoms with van der Waals surface area (Å²) in [6, 6.07) is -0.0897. The van der Waals surface area contributed by atoms with Gasteiger partial charge in [0.05, 0.1) is 6.04 Å². The van der Waals surface area contributed by atoms with Crippen LogP contribution in [0.3, 0.4) is 0 Å². The van der Waals surface area contributed by atoms with Gasteiger partial charge >= 0.3 is 0 Å². The summed E-state index contributed by atoms with van der Waals surface area (Å²) in [6.07, 6.45) is 4.91. The summed E-state index contributed by atoms with van der Waals surface area (Å²) in [7, 11) is 0. The summed E-state index contributed by atoms with van der Waals surface area (Å²) in [6.45, 7) is 0.854. The topological polar surface area (TPSA) is 77.9 Å². The number of nitrogens with zero attached hydrogens (tertiary/aromatic N) is 2. The van der Waals surface area contributed by atoms with Gasteiger partial charge in [-0.2, -0.15) is 5.43 Å². The highest BCUT2D eigenvalue weighted by Crippen LogP contribution is 2.44. The Hall–Kier alpha value is -1.08. The van der Waals surface area contributed by atoms with Crippen LogP contribution < -0.4 is 16.3 Å². The Morgan fingerprint density at radius 3 is 3.05 bits per heavy atom. The van der Waals surface area contributed by atoms with Gasteiger partial charge in [0.25, 0.3) is 0 Å². The Bertz CT molecular complexity index is 393. The summed E-state index contributed by atoms with van der Waals surface area (Å²) >= 11 is 0. The van der Waals surface area contributed by atoms with Crippen LogP contribution in [-0.2, 0) is 4.79 Å². The van der Waals surface area contributed by atoms with Gasteiger partial charge in [-0.1, -0.05) is 5.22 Å². The molecule has 2 aliphatic heterocycles. The Kier molecular flexibility index (Phi) is 3.98. The van der Waals surface area contributed by atoms with Gasteiger partial charge in [0.15, 0.2) is 0 Å². The van der Waals surface area contributed by atoms with E-state index in [1.54, 1.807) is 0 Å². The van der Waals surface area contributed by atoms with Gasteiger partial charge in [-0.15, -0.1) is 5.11 Å². The number of carbonyl (C=O) groups excluding carboxylic acids is 1. The first-order valence-corrected chi connectivity index (χ1v) is 7.46. The molecule has 7 heteroatoms. The van der Waals surface area contributed by atoms with Crippen LogP contribution in [0, 0.1) is 11.8 Å². The zero-order valence-electron chi connectivity index (χ0n) is 11.5. The van der Waals surface area contributed by atoms with Crippen molar-refractivity contribution < 1.29 is 9.18 Å². The number of hydrogen-bond donors (Lipinski definition) is 3. The molecule has 0 amide bonds. The zero-order valence-corrected chi connectivity index (χ0v) is 11.5. The lowest BCUT2D eigenvalue weighted by atomic mass is 9.67. The summed E-state index contributed by atoms with van der Waals surface area (Å²) in [5, 5.41) is 10.8. The predicted octanol–water partition coefficient (Wildman–Crippen LogP) is 1.25. The lowest BCUT2D eigenvalue weighted by Gasteiger charge is -2.44. The first-order valence-electron chi connectivity index (χ1n) is 7.46. The number of hydrogen-bond acceptors (Lipinski definition) is 6. The van der Waals surface area contributed by atoms with Gasteiger partial charge in [-0.3, -0.25) is 0 Å². The number of hydrazine groups is 1. The Morgan fingerprint density at radius 1 is 1.40 bits per heavy atom. The second-order valence-electron chi connectivity index (χ2n) is 6.33. The normalized spacial score (nSPS) is 43.9. The van der Waals surface area contributed by atoms with Gasteiger partial charge in [0.2, 0.25) is 0 Å². The second kappa shape index (κ2) is 5.73. The molecule has 3 rings (SSSR count). The average molecular weight is 283 g/mol. The number of piperidine rings is 1. The summed E-state index contributed by atoms with van der Waals surface area (Å²) in [5.74, 6) is 0.863. The molecule has 3 N–H and O–H groups in total. The minimum Gasteiger partial charge on any atom is -0.307 e. The van der Waals surface area contributed by atoms with Crippen molar-refractivity contribution >= 4 is 6.29 Å². The van der Waals surface area contributed by atoms with E-state index >= 15 is 0 Å². The molecule has 1 saturated carbocycles. The predicted molar refractivity (Wildman–Crippen MR) is 71.3 cm³/mol. The molecule has 0 aromatic carbocycles. The van der Waals surface area contributed by atoms with Gasteiger partial charge in [0, 0.05) is 0 Å². The number of alkyl halides is 1. The lowest BCUT2D eigenvalue weighted by molar-refractivity contribution is -0.111. The number of carbonyl (C=O) groups is 1. The number of aldehydes is 1. The van der Waals surface area contributed by atoms with Crippen molar-refractivity contribution in [2.45, 2.75) is 56.4 Å². The third kappa shape index (κ3) is 2.98. The van der Waals surface area contributed by atoms with Crippen LogP contribution in [0.4, 0.5) is 4.39 Å². The molecule has 0 radical (unpaired) electrons. The van der Waals surface area contributed by atoms with Crippen LogP contribution in [-0.4, -0.2) is 30.7 Å². The van der Waals surface area contributed by atoms with Crippen molar-refractivity contribution in [3.8, 4) is 0 Å². The molecule has 3 aliphatic rings.